The van der Waals surface area contributed by atoms with Gasteiger partial charge in [0.25, 0.3) is 0 Å². The molecule has 0 aliphatic heterocycles. The predicted octanol–water partition coefficient (Wildman–Crippen LogP) is 3.22. The Labute approximate surface area is 128 Å². The first kappa shape index (κ1) is 15.1. The van der Waals surface area contributed by atoms with Crippen LogP contribution in [0.15, 0.2) is 41.3 Å². The van der Waals surface area contributed by atoms with E-state index in [1.165, 1.54) is 0 Å². The van der Waals surface area contributed by atoms with Crippen molar-refractivity contribution in [2.24, 2.45) is 0 Å². The van der Waals surface area contributed by atoms with Gasteiger partial charge in [-0.3, -0.25) is 0 Å². The Kier molecular flexibility index (Phi) is 5.61. The molecule has 0 amide bonds. The highest BCUT2D eigenvalue weighted by Crippen LogP contribution is 2.15. The summed E-state index contributed by atoms with van der Waals surface area (Å²) in [6.07, 6.45) is 3.91. The Morgan fingerprint density at radius 1 is 1.30 bits per heavy atom. The second-order valence-electron chi connectivity index (χ2n) is 4.94. The molecular formula is C15H20BrN3O. The summed E-state index contributed by atoms with van der Waals surface area (Å²) in [6.45, 7) is 6.49. The summed E-state index contributed by atoms with van der Waals surface area (Å²) in [4.78, 5) is 4.36. The van der Waals surface area contributed by atoms with Crippen LogP contribution in [0.1, 0.15) is 19.5 Å². The fraction of sp³-hybridized carbons (Fsp3) is 0.400. The van der Waals surface area contributed by atoms with Crippen LogP contribution >= 0.6 is 15.9 Å². The van der Waals surface area contributed by atoms with E-state index < -0.39 is 0 Å². The highest BCUT2D eigenvalue weighted by Gasteiger charge is 2.00. The van der Waals surface area contributed by atoms with Crippen molar-refractivity contribution in [3.63, 3.8) is 0 Å². The van der Waals surface area contributed by atoms with Crippen LogP contribution in [-0.2, 0) is 13.1 Å². The number of rotatable bonds is 7. The first-order valence-electron chi connectivity index (χ1n) is 6.76. The minimum Gasteiger partial charge on any atom is -0.492 e. The predicted molar refractivity (Wildman–Crippen MR) is 83.8 cm³/mol. The second-order valence-corrected chi connectivity index (χ2v) is 5.86. The van der Waals surface area contributed by atoms with Gasteiger partial charge in [-0.1, -0.05) is 29.8 Å². The van der Waals surface area contributed by atoms with E-state index in [9.17, 15) is 0 Å². The molecule has 0 bridgehead atoms. The van der Waals surface area contributed by atoms with E-state index in [0.717, 1.165) is 29.0 Å². The van der Waals surface area contributed by atoms with Crippen molar-refractivity contribution in [3.05, 3.63) is 47.0 Å². The Hall–Kier alpha value is -1.33. The normalized spacial score (nSPS) is 11.0. The maximum Gasteiger partial charge on any atom is 0.119 e. The van der Waals surface area contributed by atoms with Crippen LogP contribution in [0.2, 0.25) is 0 Å². The van der Waals surface area contributed by atoms with Crippen LogP contribution in [-0.4, -0.2) is 22.2 Å². The summed E-state index contributed by atoms with van der Waals surface area (Å²) in [5.41, 5.74) is 1.06. The lowest BCUT2D eigenvalue weighted by molar-refractivity contribution is 0.298. The van der Waals surface area contributed by atoms with Crippen molar-refractivity contribution < 1.29 is 4.74 Å². The molecule has 20 heavy (non-hydrogen) atoms. The van der Waals surface area contributed by atoms with Crippen molar-refractivity contribution in [3.8, 4) is 5.75 Å². The molecule has 0 saturated heterocycles. The maximum absolute atomic E-state index is 5.69. The number of halogens is 1. The zero-order valence-electron chi connectivity index (χ0n) is 11.8. The quantitative estimate of drug-likeness (QED) is 0.843. The number of nitrogens with zero attached hydrogens (tertiary/aromatic N) is 2. The highest BCUT2D eigenvalue weighted by atomic mass is 79.9. The lowest BCUT2D eigenvalue weighted by atomic mass is 10.3. The average Bonchev–Trinajstić information content (AvgIpc) is 2.87. The van der Waals surface area contributed by atoms with E-state index in [4.69, 9.17) is 4.74 Å². The van der Waals surface area contributed by atoms with Crippen LogP contribution in [0.4, 0.5) is 0 Å². The van der Waals surface area contributed by atoms with Crippen molar-refractivity contribution in [1.29, 1.82) is 0 Å². The number of aromatic nitrogens is 2. The van der Waals surface area contributed by atoms with Gasteiger partial charge in [0.2, 0.25) is 0 Å². The molecule has 5 heteroatoms. The van der Waals surface area contributed by atoms with Crippen LogP contribution in [0, 0.1) is 0 Å². The fourth-order valence-electron chi connectivity index (χ4n) is 1.73. The van der Waals surface area contributed by atoms with Crippen LogP contribution in [0.25, 0.3) is 0 Å². The molecule has 0 spiro atoms. The third-order valence-electron chi connectivity index (χ3n) is 2.81. The van der Waals surface area contributed by atoms with E-state index in [0.29, 0.717) is 12.6 Å². The summed E-state index contributed by atoms with van der Waals surface area (Å²) in [5, 5.41) is 3.35. The summed E-state index contributed by atoms with van der Waals surface area (Å²) >= 11 is 3.40. The average molecular weight is 338 g/mol. The second kappa shape index (κ2) is 7.45. The Morgan fingerprint density at radius 3 is 2.75 bits per heavy atom. The molecule has 2 aromatic rings. The Morgan fingerprint density at radius 2 is 2.05 bits per heavy atom. The smallest absolute Gasteiger partial charge is 0.119 e. The minimum atomic E-state index is 0.473. The van der Waals surface area contributed by atoms with Crippen molar-refractivity contribution in [2.45, 2.75) is 33.0 Å². The van der Waals surface area contributed by atoms with Gasteiger partial charge in [0.1, 0.15) is 12.4 Å². The summed E-state index contributed by atoms with van der Waals surface area (Å²) in [6, 6.07) is 8.33. The Bertz CT molecular complexity index is 522. The Balaban J connectivity index is 1.75. The number of hydrogen-bond acceptors (Lipinski definition) is 3. The van der Waals surface area contributed by atoms with Gasteiger partial charge in [0.05, 0.1) is 18.6 Å². The van der Waals surface area contributed by atoms with Gasteiger partial charge in [0.15, 0.2) is 0 Å². The topological polar surface area (TPSA) is 39.1 Å². The van der Waals surface area contributed by atoms with Crippen molar-refractivity contribution in [1.82, 2.24) is 14.9 Å². The molecule has 0 aliphatic carbocycles. The third kappa shape index (κ3) is 4.98. The largest absolute Gasteiger partial charge is 0.492 e. The highest BCUT2D eigenvalue weighted by molar-refractivity contribution is 9.10. The van der Waals surface area contributed by atoms with E-state index in [1.54, 1.807) is 0 Å². The summed E-state index contributed by atoms with van der Waals surface area (Å²) < 4.78 is 8.80. The fourth-order valence-corrected chi connectivity index (χ4v) is 1.99. The molecule has 0 aliphatic rings. The number of nitrogens with one attached hydrogen (secondary N) is 1. The minimum absolute atomic E-state index is 0.473. The zero-order chi connectivity index (χ0) is 14.4. The van der Waals surface area contributed by atoms with Gasteiger partial charge in [0, 0.05) is 23.3 Å². The third-order valence-corrected chi connectivity index (χ3v) is 3.34. The molecule has 0 radical (unpaired) electrons. The number of hydrogen-bond donors (Lipinski definition) is 1. The molecule has 2 rings (SSSR count). The van der Waals surface area contributed by atoms with Gasteiger partial charge in [-0.15, -0.1) is 0 Å². The zero-order valence-corrected chi connectivity index (χ0v) is 13.4. The van der Waals surface area contributed by atoms with Crippen molar-refractivity contribution >= 4 is 15.9 Å². The first-order chi connectivity index (χ1) is 9.63. The van der Waals surface area contributed by atoms with E-state index >= 15 is 0 Å². The maximum atomic E-state index is 5.69. The van der Waals surface area contributed by atoms with Gasteiger partial charge in [-0.2, -0.15) is 0 Å². The van der Waals surface area contributed by atoms with Crippen LogP contribution in [0.5, 0.6) is 5.75 Å². The number of imidazole rings is 1. The molecule has 1 aromatic heterocycles. The molecule has 1 heterocycles. The number of ether oxygens (including phenoxy) is 1. The molecule has 0 unspecified atom stereocenters. The molecule has 0 fully saturated rings. The van der Waals surface area contributed by atoms with Crippen molar-refractivity contribution in [2.75, 3.05) is 6.61 Å². The lowest BCUT2D eigenvalue weighted by Crippen LogP contribution is -2.21. The molecule has 0 atom stereocenters. The molecular weight excluding hydrogens is 318 g/mol. The molecule has 108 valence electrons. The van der Waals surface area contributed by atoms with E-state index in [2.05, 4.69) is 50.8 Å². The molecule has 1 aromatic carbocycles. The van der Waals surface area contributed by atoms with E-state index in [-0.39, 0.29) is 0 Å². The SMILES string of the molecule is CC(C)NCc1cn(CCOc2ccc(Br)cc2)cn1. The lowest BCUT2D eigenvalue weighted by Gasteiger charge is -2.07. The van der Waals surface area contributed by atoms with Gasteiger partial charge in [-0.05, 0) is 24.3 Å². The summed E-state index contributed by atoms with van der Waals surface area (Å²) in [7, 11) is 0. The standard InChI is InChI=1S/C15H20BrN3O/c1-12(2)17-9-14-10-19(11-18-14)7-8-20-15-5-3-13(16)4-6-15/h3-6,10-12,17H,7-9H2,1-2H3. The monoisotopic (exact) mass is 337 g/mol. The van der Waals surface area contributed by atoms with Gasteiger partial charge < -0.3 is 14.6 Å². The molecule has 1 N–H and O–H groups in total. The van der Waals surface area contributed by atoms with Gasteiger partial charge >= 0.3 is 0 Å². The van der Waals surface area contributed by atoms with E-state index in [1.807, 2.05) is 30.6 Å². The molecule has 4 nitrogen and oxygen atoms in total. The van der Waals surface area contributed by atoms with Crippen LogP contribution in [0.3, 0.4) is 0 Å². The van der Waals surface area contributed by atoms with Crippen LogP contribution < -0.4 is 10.1 Å². The van der Waals surface area contributed by atoms with Gasteiger partial charge in [-0.25, -0.2) is 4.98 Å². The molecule has 0 saturated carbocycles. The first-order valence-corrected chi connectivity index (χ1v) is 7.55. The summed E-state index contributed by atoms with van der Waals surface area (Å²) in [5.74, 6) is 0.884. The number of benzene rings is 1.